The van der Waals surface area contributed by atoms with Crippen molar-refractivity contribution in [1.29, 1.82) is 0 Å². The Labute approximate surface area is 145 Å². The molecule has 1 aromatic rings. The molecule has 2 rings (SSSR count). The lowest BCUT2D eigenvalue weighted by Crippen LogP contribution is -2.53. The largest absolute Gasteiger partial charge is 0.491 e. The minimum Gasteiger partial charge on any atom is -0.491 e. The Kier molecular flexibility index (Phi) is 7.36. The lowest BCUT2D eigenvalue weighted by molar-refractivity contribution is -0.137. The van der Waals surface area contributed by atoms with Gasteiger partial charge in [-0.25, -0.2) is 0 Å². The molecule has 0 saturated heterocycles. The average Bonchev–Trinajstić information content (AvgIpc) is 2.48. The summed E-state index contributed by atoms with van der Waals surface area (Å²) in [6.45, 7) is 5.11. The molecule has 0 heterocycles. The number of carbonyl (C=O) groups excluding carboxylic acids is 1. The lowest BCUT2D eigenvalue weighted by atomic mass is 9.74. The fourth-order valence-corrected chi connectivity index (χ4v) is 3.15. The van der Waals surface area contributed by atoms with Crippen molar-refractivity contribution in [2.24, 2.45) is 11.7 Å². The molecule has 0 spiro atoms. The molecule has 1 fully saturated rings. The fourth-order valence-electron chi connectivity index (χ4n) is 3.15. The molecule has 2 atom stereocenters. The number of halogens is 1. The van der Waals surface area contributed by atoms with E-state index in [1.165, 1.54) is 0 Å². The van der Waals surface area contributed by atoms with Crippen LogP contribution in [-0.2, 0) is 4.79 Å². The van der Waals surface area contributed by atoms with Crippen molar-refractivity contribution in [2.45, 2.75) is 45.1 Å². The van der Waals surface area contributed by atoms with Crippen molar-refractivity contribution in [3.63, 3.8) is 0 Å². The van der Waals surface area contributed by atoms with Gasteiger partial charge in [0.2, 0.25) is 5.91 Å². The van der Waals surface area contributed by atoms with E-state index in [1.807, 2.05) is 45.2 Å². The van der Waals surface area contributed by atoms with Crippen LogP contribution in [0.4, 0.5) is 0 Å². The van der Waals surface area contributed by atoms with E-state index in [9.17, 15) is 4.79 Å². The fraction of sp³-hybridized carbons (Fsp3) is 0.611. The standard InChI is InChI=1S/C18H28N2O2.ClH/c1-14-8-4-5-10-16(14)22-13-12-20(3)17(21)15-9-6-7-11-18(15,2)19;/h4-5,8,10,15H,6-7,9,11-13,19H2,1-3H3;1H. The highest BCUT2D eigenvalue weighted by molar-refractivity contribution is 5.85. The molecule has 2 unspecified atom stereocenters. The topological polar surface area (TPSA) is 55.6 Å². The summed E-state index contributed by atoms with van der Waals surface area (Å²) in [5.74, 6) is 0.965. The van der Waals surface area contributed by atoms with E-state index in [0.29, 0.717) is 13.2 Å². The van der Waals surface area contributed by atoms with Gasteiger partial charge in [0.1, 0.15) is 12.4 Å². The van der Waals surface area contributed by atoms with E-state index in [0.717, 1.165) is 37.0 Å². The molecule has 0 aliphatic heterocycles. The molecular weight excluding hydrogens is 312 g/mol. The van der Waals surface area contributed by atoms with E-state index in [-0.39, 0.29) is 29.8 Å². The number of nitrogens with two attached hydrogens (primary N) is 1. The highest BCUT2D eigenvalue weighted by atomic mass is 35.5. The number of likely N-dealkylation sites (N-methyl/N-ethyl adjacent to an activating group) is 1. The van der Waals surface area contributed by atoms with E-state index < -0.39 is 0 Å². The first-order chi connectivity index (χ1) is 10.4. The molecule has 0 aromatic heterocycles. The highest BCUT2D eigenvalue weighted by Gasteiger charge is 2.38. The summed E-state index contributed by atoms with van der Waals surface area (Å²) < 4.78 is 5.77. The predicted octanol–water partition coefficient (Wildman–Crippen LogP) is 3.16. The number of hydrogen-bond donors (Lipinski definition) is 1. The van der Waals surface area contributed by atoms with Gasteiger partial charge in [0, 0.05) is 12.6 Å². The molecule has 1 amide bonds. The number of para-hydroxylation sites is 1. The van der Waals surface area contributed by atoms with Crippen LogP contribution in [0.3, 0.4) is 0 Å². The quantitative estimate of drug-likeness (QED) is 0.895. The van der Waals surface area contributed by atoms with E-state index in [2.05, 4.69) is 0 Å². The minimum absolute atomic E-state index is 0. The van der Waals surface area contributed by atoms with Crippen molar-refractivity contribution in [3.05, 3.63) is 29.8 Å². The first kappa shape index (κ1) is 19.8. The van der Waals surface area contributed by atoms with Crippen molar-refractivity contribution in [1.82, 2.24) is 4.90 Å². The van der Waals surface area contributed by atoms with Gasteiger partial charge in [-0.3, -0.25) is 4.79 Å². The second-order valence-electron chi connectivity index (χ2n) is 6.68. The van der Waals surface area contributed by atoms with Gasteiger partial charge in [-0.15, -0.1) is 12.4 Å². The minimum atomic E-state index is -0.375. The van der Waals surface area contributed by atoms with Crippen LogP contribution in [0, 0.1) is 12.8 Å². The summed E-state index contributed by atoms with van der Waals surface area (Å²) >= 11 is 0. The van der Waals surface area contributed by atoms with Crippen LogP contribution in [0.1, 0.15) is 38.2 Å². The molecule has 0 radical (unpaired) electrons. The number of hydrogen-bond acceptors (Lipinski definition) is 3. The van der Waals surface area contributed by atoms with Crippen LogP contribution in [0.5, 0.6) is 5.75 Å². The normalized spacial score (nSPS) is 23.7. The number of aryl methyl sites for hydroxylation is 1. The maximum atomic E-state index is 12.6. The molecule has 1 aliphatic carbocycles. The Morgan fingerprint density at radius 3 is 2.74 bits per heavy atom. The maximum absolute atomic E-state index is 12.6. The molecule has 4 nitrogen and oxygen atoms in total. The van der Waals surface area contributed by atoms with Crippen LogP contribution in [0.15, 0.2) is 24.3 Å². The zero-order chi connectivity index (χ0) is 16.2. The Morgan fingerprint density at radius 1 is 1.39 bits per heavy atom. The van der Waals surface area contributed by atoms with Gasteiger partial charge in [0.25, 0.3) is 0 Å². The monoisotopic (exact) mass is 340 g/mol. The maximum Gasteiger partial charge on any atom is 0.227 e. The van der Waals surface area contributed by atoms with Crippen molar-refractivity contribution < 1.29 is 9.53 Å². The molecule has 5 heteroatoms. The van der Waals surface area contributed by atoms with Crippen molar-refractivity contribution in [2.75, 3.05) is 20.2 Å². The highest BCUT2D eigenvalue weighted by Crippen LogP contribution is 2.32. The summed E-state index contributed by atoms with van der Waals surface area (Å²) in [6.07, 6.45) is 4.04. The van der Waals surface area contributed by atoms with Gasteiger partial charge in [0.15, 0.2) is 0 Å². The van der Waals surface area contributed by atoms with E-state index in [1.54, 1.807) is 4.90 Å². The predicted molar refractivity (Wildman–Crippen MR) is 96.1 cm³/mol. The average molecular weight is 341 g/mol. The third-order valence-corrected chi connectivity index (χ3v) is 4.71. The molecule has 1 aromatic carbocycles. The second-order valence-corrected chi connectivity index (χ2v) is 6.68. The summed E-state index contributed by atoms with van der Waals surface area (Å²) in [4.78, 5) is 14.4. The van der Waals surface area contributed by atoms with Crippen molar-refractivity contribution in [3.8, 4) is 5.75 Å². The second kappa shape index (κ2) is 8.55. The zero-order valence-corrected chi connectivity index (χ0v) is 15.2. The number of carbonyl (C=O) groups is 1. The number of benzene rings is 1. The van der Waals surface area contributed by atoms with Crippen LogP contribution in [-0.4, -0.2) is 36.5 Å². The first-order valence-corrected chi connectivity index (χ1v) is 8.14. The van der Waals surface area contributed by atoms with Crippen LogP contribution >= 0.6 is 12.4 Å². The van der Waals surface area contributed by atoms with E-state index >= 15 is 0 Å². The summed E-state index contributed by atoms with van der Waals surface area (Å²) in [7, 11) is 1.84. The Bertz CT molecular complexity index is 519. The Balaban J connectivity index is 0.00000264. The molecule has 0 bridgehead atoms. The van der Waals surface area contributed by atoms with Gasteiger partial charge < -0.3 is 15.4 Å². The number of nitrogens with zero attached hydrogens (tertiary/aromatic N) is 1. The number of ether oxygens (including phenoxy) is 1. The zero-order valence-electron chi connectivity index (χ0n) is 14.4. The third kappa shape index (κ3) is 5.11. The van der Waals surface area contributed by atoms with Gasteiger partial charge in [0.05, 0.1) is 12.5 Å². The number of rotatable bonds is 5. The molecule has 1 aliphatic rings. The SMILES string of the molecule is Cc1ccccc1OCCN(C)C(=O)C1CCCCC1(C)N.Cl. The Morgan fingerprint density at radius 2 is 2.09 bits per heavy atom. The molecule has 2 N–H and O–H groups in total. The smallest absolute Gasteiger partial charge is 0.227 e. The van der Waals surface area contributed by atoms with Gasteiger partial charge in [-0.2, -0.15) is 0 Å². The molecule has 130 valence electrons. The molecule has 1 saturated carbocycles. The van der Waals surface area contributed by atoms with Gasteiger partial charge in [-0.05, 0) is 38.3 Å². The number of amides is 1. The van der Waals surface area contributed by atoms with Gasteiger partial charge in [-0.1, -0.05) is 31.0 Å². The summed E-state index contributed by atoms with van der Waals surface area (Å²) in [5, 5.41) is 0. The summed E-state index contributed by atoms with van der Waals surface area (Å²) in [5.41, 5.74) is 7.06. The Hall–Kier alpha value is -1.26. The lowest BCUT2D eigenvalue weighted by Gasteiger charge is -2.39. The van der Waals surface area contributed by atoms with Crippen LogP contribution < -0.4 is 10.5 Å². The molecular formula is C18H29ClN2O2. The third-order valence-electron chi connectivity index (χ3n) is 4.71. The van der Waals surface area contributed by atoms with Crippen molar-refractivity contribution >= 4 is 18.3 Å². The van der Waals surface area contributed by atoms with E-state index in [4.69, 9.17) is 10.5 Å². The molecule has 23 heavy (non-hydrogen) atoms. The van der Waals surface area contributed by atoms with Crippen LogP contribution in [0.2, 0.25) is 0 Å². The first-order valence-electron chi connectivity index (χ1n) is 8.14. The van der Waals surface area contributed by atoms with Crippen LogP contribution in [0.25, 0.3) is 0 Å². The summed E-state index contributed by atoms with van der Waals surface area (Å²) in [6, 6.07) is 7.92. The van der Waals surface area contributed by atoms with Gasteiger partial charge >= 0.3 is 0 Å².